The Morgan fingerprint density at radius 3 is 2.50 bits per heavy atom. The molecule has 0 aromatic heterocycles. The van der Waals surface area contributed by atoms with Gasteiger partial charge in [-0.05, 0) is 37.5 Å². The van der Waals surface area contributed by atoms with E-state index < -0.39 is 0 Å². The lowest BCUT2D eigenvalue weighted by molar-refractivity contribution is -0.133. The van der Waals surface area contributed by atoms with Crippen molar-refractivity contribution in [2.45, 2.75) is 52.0 Å². The highest BCUT2D eigenvalue weighted by atomic mass is 16.5. The number of amides is 1. The van der Waals surface area contributed by atoms with E-state index in [1.807, 2.05) is 0 Å². The van der Waals surface area contributed by atoms with Gasteiger partial charge in [0.15, 0.2) is 0 Å². The molecule has 0 aromatic rings. The van der Waals surface area contributed by atoms with E-state index in [2.05, 4.69) is 19.2 Å². The maximum Gasteiger partial charge on any atom is 0.225 e. The summed E-state index contributed by atoms with van der Waals surface area (Å²) in [6.07, 6.45) is 5.17. The Balaban J connectivity index is 1.89. The molecule has 1 aliphatic heterocycles. The first-order valence-electron chi connectivity index (χ1n) is 7.05. The second-order valence-electron chi connectivity index (χ2n) is 6.74. The maximum absolute atomic E-state index is 11.7. The van der Waals surface area contributed by atoms with Crippen LogP contribution in [0.3, 0.4) is 0 Å². The third-order valence-electron chi connectivity index (χ3n) is 4.67. The van der Waals surface area contributed by atoms with Crippen molar-refractivity contribution in [1.29, 1.82) is 0 Å². The SMILES string of the molecule is CC1(C)CCC(NCC2(C(N)=O)CCOCC2)C1. The normalized spacial score (nSPS) is 30.2. The zero-order chi connectivity index (χ0) is 13.2. The smallest absolute Gasteiger partial charge is 0.225 e. The molecule has 3 N–H and O–H groups in total. The van der Waals surface area contributed by atoms with Gasteiger partial charge in [0, 0.05) is 25.8 Å². The minimum Gasteiger partial charge on any atom is -0.381 e. The summed E-state index contributed by atoms with van der Waals surface area (Å²) in [6, 6.07) is 0.541. The first-order chi connectivity index (χ1) is 8.44. The molecule has 1 saturated carbocycles. The molecule has 0 bridgehead atoms. The monoisotopic (exact) mass is 254 g/mol. The molecule has 0 aromatic carbocycles. The van der Waals surface area contributed by atoms with Gasteiger partial charge in [-0.1, -0.05) is 13.8 Å². The molecule has 2 fully saturated rings. The number of nitrogens with two attached hydrogens (primary N) is 1. The van der Waals surface area contributed by atoms with E-state index in [0.717, 1.165) is 12.8 Å². The Labute approximate surface area is 110 Å². The minimum atomic E-state index is -0.384. The molecule has 1 atom stereocenters. The average Bonchev–Trinajstić information content (AvgIpc) is 2.67. The van der Waals surface area contributed by atoms with Crippen LogP contribution in [0, 0.1) is 10.8 Å². The number of carbonyl (C=O) groups is 1. The van der Waals surface area contributed by atoms with Gasteiger partial charge in [-0.2, -0.15) is 0 Å². The highest BCUT2D eigenvalue weighted by Gasteiger charge is 2.39. The predicted octanol–water partition coefficient (Wildman–Crippen LogP) is 1.44. The topological polar surface area (TPSA) is 64.3 Å². The van der Waals surface area contributed by atoms with Crippen LogP contribution in [-0.2, 0) is 9.53 Å². The third-order valence-corrected chi connectivity index (χ3v) is 4.67. The fraction of sp³-hybridized carbons (Fsp3) is 0.929. The van der Waals surface area contributed by atoms with Gasteiger partial charge in [0.2, 0.25) is 5.91 Å². The summed E-state index contributed by atoms with van der Waals surface area (Å²) in [5.74, 6) is -0.171. The van der Waals surface area contributed by atoms with Gasteiger partial charge in [0.1, 0.15) is 0 Å². The molecule has 1 amide bonds. The Bertz CT molecular complexity index is 309. The molecule has 18 heavy (non-hydrogen) atoms. The van der Waals surface area contributed by atoms with Crippen molar-refractivity contribution < 1.29 is 9.53 Å². The second kappa shape index (κ2) is 5.17. The molecule has 104 valence electrons. The van der Waals surface area contributed by atoms with E-state index in [-0.39, 0.29) is 11.3 Å². The van der Waals surface area contributed by atoms with Gasteiger partial charge in [-0.3, -0.25) is 4.79 Å². The largest absolute Gasteiger partial charge is 0.381 e. The zero-order valence-corrected chi connectivity index (χ0v) is 11.6. The Kier molecular flexibility index (Phi) is 3.97. The van der Waals surface area contributed by atoms with Crippen molar-refractivity contribution in [1.82, 2.24) is 5.32 Å². The van der Waals surface area contributed by atoms with Gasteiger partial charge in [-0.25, -0.2) is 0 Å². The molecular formula is C14H26N2O2. The number of hydrogen-bond donors (Lipinski definition) is 2. The lowest BCUT2D eigenvalue weighted by Gasteiger charge is -2.35. The number of nitrogens with one attached hydrogen (secondary N) is 1. The molecule has 0 radical (unpaired) electrons. The van der Waals surface area contributed by atoms with Crippen LogP contribution in [0.2, 0.25) is 0 Å². The third kappa shape index (κ3) is 3.04. The first kappa shape index (κ1) is 13.8. The van der Waals surface area contributed by atoms with Gasteiger partial charge in [0.25, 0.3) is 0 Å². The first-order valence-corrected chi connectivity index (χ1v) is 7.05. The summed E-state index contributed by atoms with van der Waals surface area (Å²) in [4.78, 5) is 11.7. The molecule has 1 saturated heterocycles. The van der Waals surface area contributed by atoms with Crippen LogP contribution in [0.4, 0.5) is 0 Å². The Morgan fingerprint density at radius 1 is 1.33 bits per heavy atom. The average molecular weight is 254 g/mol. The van der Waals surface area contributed by atoms with E-state index in [1.165, 1.54) is 19.3 Å². The van der Waals surface area contributed by atoms with Crippen LogP contribution in [0.5, 0.6) is 0 Å². The van der Waals surface area contributed by atoms with Gasteiger partial charge in [0.05, 0.1) is 5.41 Å². The fourth-order valence-corrected chi connectivity index (χ4v) is 3.22. The van der Waals surface area contributed by atoms with Gasteiger partial charge < -0.3 is 15.8 Å². The van der Waals surface area contributed by atoms with Crippen molar-refractivity contribution >= 4 is 5.91 Å². The number of rotatable bonds is 4. The van der Waals surface area contributed by atoms with Crippen molar-refractivity contribution in [3.63, 3.8) is 0 Å². The van der Waals surface area contributed by atoms with Crippen LogP contribution in [0.15, 0.2) is 0 Å². The Hall–Kier alpha value is -0.610. The van der Waals surface area contributed by atoms with Crippen LogP contribution in [0.1, 0.15) is 46.0 Å². The summed E-state index contributed by atoms with van der Waals surface area (Å²) >= 11 is 0. The quantitative estimate of drug-likeness (QED) is 0.798. The number of ether oxygens (including phenoxy) is 1. The number of primary amides is 1. The standard InChI is InChI=1S/C14H26N2O2/c1-13(2)4-3-11(9-13)16-10-14(12(15)17)5-7-18-8-6-14/h11,16H,3-10H2,1-2H3,(H2,15,17). The summed E-state index contributed by atoms with van der Waals surface area (Å²) < 4.78 is 5.34. The van der Waals surface area contributed by atoms with Crippen LogP contribution in [0.25, 0.3) is 0 Å². The molecule has 0 spiro atoms. The molecular weight excluding hydrogens is 228 g/mol. The van der Waals surface area contributed by atoms with Gasteiger partial charge in [-0.15, -0.1) is 0 Å². The zero-order valence-electron chi connectivity index (χ0n) is 11.6. The molecule has 2 rings (SSSR count). The van der Waals surface area contributed by atoms with Crippen molar-refractivity contribution in [2.75, 3.05) is 19.8 Å². The number of hydrogen-bond acceptors (Lipinski definition) is 3. The highest BCUT2D eigenvalue weighted by molar-refractivity contribution is 5.81. The molecule has 1 unspecified atom stereocenters. The van der Waals surface area contributed by atoms with E-state index in [1.54, 1.807) is 0 Å². The molecule has 2 aliphatic rings. The summed E-state index contributed by atoms with van der Waals surface area (Å²) in [6.45, 7) is 6.65. The minimum absolute atomic E-state index is 0.171. The Morgan fingerprint density at radius 2 is 2.00 bits per heavy atom. The highest BCUT2D eigenvalue weighted by Crippen LogP contribution is 2.37. The molecule has 1 aliphatic carbocycles. The van der Waals surface area contributed by atoms with Crippen LogP contribution in [-0.4, -0.2) is 31.7 Å². The van der Waals surface area contributed by atoms with Gasteiger partial charge >= 0.3 is 0 Å². The number of carbonyl (C=O) groups excluding carboxylic acids is 1. The van der Waals surface area contributed by atoms with E-state index in [9.17, 15) is 4.79 Å². The second-order valence-corrected chi connectivity index (χ2v) is 6.74. The van der Waals surface area contributed by atoms with Crippen molar-refractivity contribution in [3.8, 4) is 0 Å². The van der Waals surface area contributed by atoms with Crippen molar-refractivity contribution in [3.05, 3.63) is 0 Å². The van der Waals surface area contributed by atoms with Crippen LogP contribution >= 0.6 is 0 Å². The maximum atomic E-state index is 11.7. The van der Waals surface area contributed by atoms with Crippen LogP contribution < -0.4 is 11.1 Å². The molecule has 1 heterocycles. The van der Waals surface area contributed by atoms with E-state index in [0.29, 0.717) is 31.2 Å². The summed E-state index contributed by atoms with van der Waals surface area (Å²) in [5.41, 5.74) is 5.66. The molecule has 4 heteroatoms. The van der Waals surface area contributed by atoms with E-state index >= 15 is 0 Å². The fourth-order valence-electron chi connectivity index (χ4n) is 3.22. The summed E-state index contributed by atoms with van der Waals surface area (Å²) in [7, 11) is 0. The van der Waals surface area contributed by atoms with E-state index in [4.69, 9.17) is 10.5 Å². The lowest BCUT2D eigenvalue weighted by Crippen LogP contribution is -2.50. The predicted molar refractivity (Wildman–Crippen MR) is 71.1 cm³/mol. The van der Waals surface area contributed by atoms with Crippen molar-refractivity contribution in [2.24, 2.45) is 16.6 Å². The summed E-state index contributed by atoms with van der Waals surface area (Å²) in [5, 5.41) is 3.57. The molecule has 4 nitrogen and oxygen atoms in total. The lowest BCUT2D eigenvalue weighted by atomic mass is 9.79.